The Balaban J connectivity index is 1.53. The highest BCUT2D eigenvalue weighted by atomic mass is 32.2. The lowest BCUT2D eigenvalue weighted by molar-refractivity contribution is 0.257. The monoisotopic (exact) mass is 343 g/mol. The number of hydrogen-bond donors (Lipinski definition) is 1. The van der Waals surface area contributed by atoms with Crippen molar-refractivity contribution in [1.29, 1.82) is 0 Å². The second kappa shape index (κ2) is 5.61. The van der Waals surface area contributed by atoms with Crippen molar-refractivity contribution in [3.05, 3.63) is 54.4 Å². The van der Waals surface area contributed by atoms with Crippen LogP contribution < -0.4 is 4.74 Å². The van der Waals surface area contributed by atoms with E-state index in [2.05, 4.69) is 9.97 Å². The van der Waals surface area contributed by atoms with Crippen LogP contribution >= 0.6 is 0 Å². The van der Waals surface area contributed by atoms with Crippen molar-refractivity contribution in [3.63, 3.8) is 0 Å². The highest BCUT2D eigenvalue weighted by Crippen LogP contribution is 2.32. The summed E-state index contributed by atoms with van der Waals surface area (Å²) in [6, 6.07) is 14.3. The summed E-state index contributed by atoms with van der Waals surface area (Å²) in [6.07, 6.45) is 0. The van der Waals surface area contributed by atoms with Gasteiger partial charge < -0.3 is 9.72 Å². The smallest absolute Gasteiger partial charge is 0.243 e. The van der Waals surface area contributed by atoms with Crippen LogP contribution in [0.15, 0.2) is 53.4 Å². The van der Waals surface area contributed by atoms with Crippen LogP contribution in [0.4, 0.5) is 0 Å². The lowest BCUT2D eigenvalue weighted by atomic mass is 10.0. The van der Waals surface area contributed by atoms with E-state index >= 15 is 0 Å². The molecule has 1 fully saturated rings. The molecule has 1 aliphatic heterocycles. The van der Waals surface area contributed by atoms with E-state index in [9.17, 15) is 8.42 Å². The molecule has 1 N–H and O–H groups in total. The summed E-state index contributed by atoms with van der Waals surface area (Å²) in [5, 5.41) is 0. The van der Waals surface area contributed by atoms with Crippen LogP contribution in [0.1, 0.15) is 11.7 Å². The van der Waals surface area contributed by atoms with Gasteiger partial charge in [0.25, 0.3) is 0 Å². The average molecular weight is 343 g/mol. The number of imidazole rings is 1. The topological polar surface area (TPSA) is 75.3 Å². The van der Waals surface area contributed by atoms with Gasteiger partial charge in [-0.05, 0) is 24.3 Å². The van der Waals surface area contributed by atoms with Gasteiger partial charge in [-0.3, -0.25) is 0 Å². The van der Waals surface area contributed by atoms with Crippen molar-refractivity contribution >= 4 is 21.1 Å². The van der Waals surface area contributed by atoms with Crippen LogP contribution in [-0.4, -0.2) is 42.9 Å². The maximum Gasteiger partial charge on any atom is 0.243 e. The number of hydrogen-bond acceptors (Lipinski definition) is 4. The Morgan fingerprint density at radius 3 is 2.71 bits per heavy atom. The van der Waals surface area contributed by atoms with Crippen molar-refractivity contribution < 1.29 is 13.2 Å². The number of para-hydroxylation sites is 2. The van der Waals surface area contributed by atoms with Gasteiger partial charge in [0.2, 0.25) is 10.0 Å². The molecule has 0 amide bonds. The third-order valence-corrected chi connectivity index (χ3v) is 6.15. The van der Waals surface area contributed by atoms with Crippen LogP contribution in [0.3, 0.4) is 0 Å². The zero-order valence-corrected chi connectivity index (χ0v) is 14.0. The molecule has 124 valence electrons. The molecule has 1 aromatic heterocycles. The molecule has 0 radical (unpaired) electrons. The predicted molar refractivity (Wildman–Crippen MR) is 90.6 cm³/mol. The molecule has 7 heteroatoms. The van der Waals surface area contributed by atoms with Crippen LogP contribution in [0, 0.1) is 0 Å². The van der Waals surface area contributed by atoms with Crippen LogP contribution in [0.25, 0.3) is 11.0 Å². The summed E-state index contributed by atoms with van der Waals surface area (Å²) >= 11 is 0. The number of nitrogens with zero attached hydrogens (tertiary/aromatic N) is 2. The molecule has 0 spiro atoms. The van der Waals surface area contributed by atoms with Crippen molar-refractivity contribution in [2.75, 3.05) is 20.2 Å². The maximum atomic E-state index is 12.7. The molecule has 2 heterocycles. The minimum atomic E-state index is -3.49. The molecule has 0 saturated carbocycles. The minimum Gasteiger partial charge on any atom is -0.497 e. The number of aromatic nitrogens is 2. The van der Waals surface area contributed by atoms with Gasteiger partial charge in [0.1, 0.15) is 11.6 Å². The second-order valence-electron chi connectivity index (χ2n) is 5.84. The largest absolute Gasteiger partial charge is 0.497 e. The fourth-order valence-corrected chi connectivity index (χ4v) is 4.45. The van der Waals surface area contributed by atoms with Crippen molar-refractivity contribution in [1.82, 2.24) is 14.3 Å². The molecule has 1 aliphatic rings. The Morgan fingerprint density at radius 1 is 1.17 bits per heavy atom. The van der Waals surface area contributed by atoms with E-state index in [-0.39, 0.29) is 10.8 Å². The molecule has 3 aromatic rings. The number of methoxy groups -OCH3 is 1. The zero-order valence-electron chi connectivity index (χ0n) is 13.1. The van der Waals surface area contributed by atoms with Crippen LogP contribution in [-0.2, 0) is 10.0 Å². The number of benzene rings is 2. The molecule has 0 unspecified atom stereocenters. The Bertz CT molecular complexity index is 958. The van der Waals surface area contributed by atoms with E-state index in [1.807, 2.05) is 24.3 Å². The lowest BCUT2D eigenvalue weighted by Gasteiger charge is -2.36. The molecule has 1 saturated heterocycles. The third kappa shape index (κ3) is 2.46. The number of H-pyrrole nitrogens is 1. The maximum absolute atomic E-state index is 12.7. The quantitative estimate of drug-likeness (QED) is 0.789. The number of aromatic amines is 1. The SMILES string of the molecule is COc1cccc(S(=O)(=O)N2CC(c3nc4ccccc4[nH]3)C2)c1. The summed E-state index contributed by atoms with van der Waals surface area (Å²) in [6.45, 7) is 0.860. The van der Waals surface area contributed by atoms with E-state index in [1.165, 1.54) is 11.4 Å². The Hall–Kier alpha value is -2.38. The Morgan fingerprint density at radius 2 is 1.96 bits per heavy atom. The minimum absolute atomic E-state index is 0.0952. The summed E-state index contributed by atoms with van der Waals surface area (Å²) in [7, 11) is -1.97. The lowest BCUT2D eigenvalue weighted by Crippen LogP contribution is -2.48. The van der Waals surface area contributed by atoms with Gasteiger partial charge in [0.15, 0.2) is 0 Å². The molecular weight excluding hydrogens is 326 g/mol. The normalized spacial score (nSPS) is 16.2. The van der Waals surface area contributed by atoms with Crippen LogP contribution in [0.2, 0.25) is 0 Å². The molecule has 0 bridgehead atoms. The van der Waals surface area contributed by atoms with E-state index in [4.69, 9.17) is 4.74 Å². The fourth-order valence-electron chi connectivity index (χ4n) is 2.88. The van der Waals surface area contributed by atoms with Gasteiger partial charge in [0, 0.05) is 25.1 Å². The first-order valence-corrected chi connectivity index (χ1v) is 9.11. The van der Waals surface area contributed by atoms with E-state index in [0.717, 1.165) is 16.9 Å². The second-order valence-corrected chi connectivity index (χ2v) is 7.78. The number of nitrogens with one attached hydrogen (secondary N) is 1. The number of rotatable bonds is 4. The van der Waals surface area contributed by atoms with Crippen LogP contribution in [0.5, 0.6) is 5.75 Å². The molecule has 24 heavy (non-hydrogen) atoms. The fraction of sp³-hybridized carbons (Fsp3) is 0.235. The first-order valence-electron chi connectivity index (χ1n) is 7.67. The van der Waals surface area contributed by atoms with Gasteiger partial charge >= 0.3 is 0 Å². The zero-order chi connectivity index (χ0) is 16.7. The van der Waals surface area contributed by atoms with Gasteiger partial charge in [-0.15, -0.1) is 0 Å². The summed E-state index contributed by atoms with van der Waals surface area (Å²) in [5.41, 5.74) is 1.88. The molecule has 2 aromatic carbocycles. The van der Waals surface area contributed by atoms with Crippen molar-refractivity contribution in [3.8, 4) is 5.75 Å². The molecular formula is C17H17N3O3S. The Labute approximate surface area is 140 Å². The summed E-state index contributed by atoms with van der Waals surface area (Å²) < 4.78 is 31.9. The van der Waals surface area contributed by atoms with E-state index < -0.39 is 10.0 Å². The van der Waals surface area contributed by atoms with Gasteiger partial charge in [-0.1, -0.05) is 18.2 Å². The highest BCUT2D eigenvalue weighted by Gasteiger charge is 2.39. The third-order valence-electron chi connectivity index (χ3n) is 4.32. The van der Waals surface area contributed by atoms with E-state index in [1.54, 1.807) is 24.3 Å². The molecule has 6 nitrogen and oxygen atoms in total. The molecule has 0 aliphatic carbocycles. The van der Waals surface area contributed by atoms with Gasteiger partial charge in [-0.2, -0.15) is 4.31 Å². The standard InChI is InChI=1S/C17H17N3O3S/c1-23-13-5-4-6-14(9-13)24(21,22)20-10-12(11-20)17-18-15-7-2-3-8-16(15)19-17/h2-9,12H,10-11H2,1H3,(H,18,19). The van der Waals surface area contributed by atoms with Crippen molar-refractivity contribution in [2.45, 2.75) is 10.8 Å². The first-order chi connectivity index (χ1) is 11.6. The number of sulfonamides is 1. The average Bonchev–Trinajstić information content (AvgIpc) is 2.96. The summed E-state index contributed by atoms with van der Waals surface area (Å²) in [4.78, 5) is 8.08. The molecule has 4 rings (SSSR count). The highest BCUT2D eigenvalue weighted by molar-refractivity contribution is 7.89. The molecule has 0 atom stereocenters. The number of fused-ring (bicyclic) bond motifs is 1. The Kier molecular flexibility index (Phi) is 3.54. The van der Waals surface area contributed by atoms with E-state index in [0.29, 0.717) is 18.8 Å². The van der Waals surface area contributed by atoms with Gasteiger partial charge in [-0.25, -0.2) is 13.4 Å². The van der Waals surface area contributed by atoms with Crippen molar-refractivity contribution in [2.24, 2.45) is 0 Å². The van der Waals surface area contributed by atoms with Gasteiger partial charge in [0.05, 0.1) is 23.0 Å². The predicted octanol–water partition coefficient (Wildman–Crippen LogP) is 2.36. The summed E-state index contributed by atoms with van der Waals surface area (Å²) in [5.74, 6) is 1.47. The number of ether oxygens (including phenoxy) is 1. The first kappa shape index (κ1) is 15.2.